The molecule has 2 atom stereocenters. The summed E-state index contributed by atoms with van der Waals surface area (Å²) in [5.41, 5.74) is 8.00. The number of rotatable bonds is 8. The van der Waals surface area contributed by atoms with Gasteiger partial charge in [0.2, 0.25) is 0 Å². The second kappa shape index (κ2) is 10.7. The fourth-order valence-electron chi connectivity index (χ4n) is 3.44. The maximum atomic E-state index is 3.60. The number of nitrogens with one attached hydrogen (secondary N) is 2. The Morgan fingerprint density at radius 1 is 0.452 bits per heavy atom. The minimum atomic E-state index is 0.0213. The highest BCUT2D eigenvalue weighted by atomic mass is 14.9. The molecule has 0 unspecified atom stereocenters. The second-order valence-corrected chi connectivity index (χ2v) is 7.30. The first-order valence-corrected chi connectivity index (χ1v) is 10.5. The fraction of sp³-hybridized carbons (Fsp3) is 0.0690. The Balaban J connectivity index is 1.61. The van der Waals surface area contributed by atoms with Gasteiger partial charge >= 0.3 is 0 Å². The van der Waals surface area contributed by atoms with Crippen LogP contribution in [0.5, 0.6) is 0 Å². The standard InChI is InChI=1S/C29H26N2/c1-5-14-24(15-6-1)28(30-26-18-9-3-10-19-26)22-13-23-29(25-16-7-2-8-17-25)31-27-20-11-4-12-21-27/h1-12,14-23,28-31H/t13?,28-,29+. The van der Waals surface area contributed by atoms with E-state index in [1.807, 2.05) is 48.5 Å². The molecule has 0 aromatic heterocycles. The highest BCUT2D eigenvalue weighted by Crippen LogP contribution is 2.23. The molecule has 31 heavy (non-hydrogen) atoms. The van der Waals surface area contributed by atoms with Crippen molar-refractivity contribution in [1.82, 2.24) is 0 Å². The van der Waals surface area contributed by atoms with Crippen LogP contribution in [0, 0.1) is 0 Å². The van der Waals surface area contributed by atoms with E-state index in [4.69, 9.17) is 0 Å². The summed E-state index contributed by atoms with van der Waals surface area (Å²) in [7, 11) is 0. The second-order valence-electron chi connectivity index (χ2n) is 7.30. The van der Waals surface area contributed by atoms with Gasteiger partial charge in [0, 0.05) is 11.4 Å². The Bertz CT molecular complexity index is 1010. The largest absolute Gasteiger partial charge is 0.374 e. The Labute approximate surface area is 184 Å². The molecule has 4 aromatic carbocycles. The lowest BCUT2D eigenvalue weighted by Crippen LogP contribution is -2.09. The maximum Gasteiger partial charge on any atom is 0.0771 e. The van der Waals surface area contributed by atoms with E-state index >= 15 is 0 Å². The molecule has 0 fully saturated rings. The fourth-order valence-corrected chi connectivity index (χ4v) is 3.44. The molecule has 0 spiro atoms. The Morgan fingerprint density at radius 3 is 1.13 bits per heavy atom. The third-order valence-corrected chi connectivity index (χ3v) is 5.04. The van der Waals surface area contributed by atoms with Gasteiger partial charge in [-0.15, -0.1) is 5.73 Å². The molecule has 2 nitrogen and oxygen atoms in total. The van der Waals surface area contributed by atoms with E-state index in [2.05, 4.69) is 101 Å². The Kier molecular flexibility index (Phi) is 6.99. The maximum absolute atomic E-state index is 3.60. The lowest BCUT2D eigenvalue weighted by Gasteiger charge is -2.17. The predicted octanol–water partition coefficient (Wildman–Crippen LogP) is 7.40. The van der Waals surface area contributed by atoms with Crippen molar-refractivity contribution in [2.24, 2.45) is 0 Å². The van der Waals surface area contributed by atoms with E-state index in [1.165, 1.54) is 11.1 Å². The first-order valence-electron chi connectivity index (χ1n) is 10.5. The van der Waals surface area contributed by atoms with Crippen LogP contribution in [0.15, 0.2) is 139 Å². The van der Waals surface area contributed by atoms with E-state index in [9.17, 15) is 0 Å². The summed E-state index contributed by atoms with van der Waals surface area (Å²) in [6, 6.07) is 41.5. The van der Waals surface area contributed by atoms with Crippen LogP contribution in [0.2, 0.25) is 0 Å². The number of anilines is 2. The van der Waals surface area contributed by atoms with Gasteiger partial charge < -0.3 is 10.6 Å². The predicted molar refractivity (Wildman–Crippen MR) is 131 cm³/mol. The molecule has 2 heteroatoms. The monoisotopic (exact) mass is 402 g/mol. The topological polar surface area (TPSA) is 24.1 Å². The van der Waals surface area contributed by atoms with Crippen molar-refractivity contribution in [2.45, 2.75) is 12.1 Å². The molecule has 0 saturated carbocycles. The first kappa shape index (κ1) is 20.3. The van der Waals surface area contributed by atoms with E-state index in [0.717, 1.165) is 11.4 Å². The van der Waals surface area contributed by atoms with E-state index in [-0.39, 0.29) is 12.1 Å². The lowest BCUT2D eigenvalue weighted by molar-refractivity contribution is 0.969. The summed E-state index contributed by atoms with van der Waals surface area (Å²) in [4.78, 5) is 0. The molecule has 152 valence electrons. The van der Waals surface area contributed by atoms with E-state index in [0.29, 0.717) is 0 Å². The highest BCUT2D eigenvalue weighted by Gasteiger charge is 2.09. The van der Waals surface area contributed by atoms with Crippen LogP contribution in [0.25, 0.3) is 0 Å². The summed E-state index contributed by atoms with van der Waals surface area (Å²) >= 11 is 0. The van der Waals surface area contributed by atoms with Gasteiger partial charge in [-0.3, -0.25) is 0 Å². The van der Waals surface area contributed by atoms with Gasteiger partial charge in [-0.25, -0.2) is 0 Å². The number of benzene rings is 4. The quantitative estimate of drug-likeness (QED) is 0.300. The molecule has 0 aliphatic heterocycles. The van der Waals surface area contributed by atoms with E-state index in [1.54, 1.807) is 0 Å². The van der Waals surface area contributed by atoms with Crippen molar-refractivity contribution in [3.8, 4) is 0 Å². The molecule has 0 aliphatic carbocycles. The van der Waals surface area contributed by atoms with Crippen LogP contribution in [0.1, 0.15) is 23.2 Å². The third-order valence-electron chi connectivity index (χ3n) is 5.04. The van der Waals surface area contributed by atoms with Gasteiger partial charge in [-0.05, 0) is 47.5 Å². The summed E-state index contributed by atoms with van der Waals surface area (Å²) in [5.74, 6) is 0. The molecule has 0 radical (unpaired) electrons. The van der Waals surface area contributed by atoms with Crippen molar-refractivity contribution in [1.29, 1.82) is 0 Å². The highest BCUT2D eigenvalue weighted by molar-refractivity contribution is 5.48. The van der Waals surface area contributed by atoms with Gasteiger partial charge in [0.15, 0.2) is 0 Å². The molecule has 2 N–H and O–H groups in total. The molecule has 0 saturated heterocycles. The zero-order valence-electron chi connectivity index (χ0n) is 17.4. The lowest BCUT2D eigenvalue weighted by atomic mass is 10.0. The van der Waals surface area contributed by atoms with Crippen LogP contribution in [-0.2, 0) is 0 Å². The first-order chi connectivity index (χ1) is 15.4. The van der Waals surface area contributed by atoms with Crippen LogP contribution >= 0.6 is 0 Å². The Morgan fingerprint density at radius 2 is 0.774 bits per heavy atom. The van der Waals surface area contributed by atoms with Crippen molar-refractivity contribution in [3.05, 3.63) is 150 Å². The molecular weight excluding hydrogens is 376 g/mol. The van der Waals surface area contributed by atoms with Crippen LogP contribution in [-0.4, -0.2) is 0 Å². The average Bonchev–Trinajstić information content (AvgIpc) is 2.85. The molecule has 4 rings (SSSR count). The normalized spacial score (nSPS) is 12.1. The van der Waals surface area contributed by atoms with E-state index < -0.39 is 0 Å². The molecule has 0 heterocycles. The zero-order valence-corrected chi connectivity index (χ0v) is 17.4. The van der Waals surface area contributed by atoms with Gasteiger partial charge in [0.05, 0.1) is 12.1 Å². The SMILES string of the molecule is C(=C[C@H](Nc1ccccc1)c1ccccc1)=C[C@@H](Nc1ccccc1)c1ccccc1. The molecule has 0 amide bonds. The van der Waals surface area contributed by atoms with Crippen molar-refractivity contribution in [2.75, 3.05) is 10.6 Å². The van der Waals surface area contributed by atoms with Crippen LogP contribution in [0.4, 0.5) is 11.4 Å². The Hall–Kier alpha value is -4.00. The minimum absolute atomic E-state index is 0.0213. The van der Waals surface area contributed by atoms with Crippen LogP contribution in [0.3, 0.4) is 0 Å². The molecule has 4 aromatic rings. The minimum Gasteiger partial charge on any atom is -0.374 e. The summed E-state index contributed by atoms with van der Waals surface area (Å²) < 4.78 is 0. The summed E-state index contributed by atoms with van der Waals surface area (Å²) in [6.07, 6.45) is 4.18. The smallest absolute Gasteiger partial charge is 0.0771 e. The average molecular weight is 403 g/mol. The third kappa shape index (κ3) is 5.99. The van der Waals surface area contributed by atoms with Crippen molar-refractivity contribution in [3.63, 3.8) is 0 Å². The molecule has 0 bridgehead atoms. The zero-order chi connectivity index (χ0) is 21.1. The van der Waals surface area contributed by atoms with Crippen molar-refractivity contribution >= 4 is 11.4 Å². The van der Waals surface area contributed by atoms with Gasteiger partial charge in [0.25, 0.3) is 0 Å². The van der Waals surface area contributed by atoms with Gasteiger partial charge in [-0.1, -0.05) is 97.1 Å². The number of hydrogen-bond acceptors (Lipinski definition) is 2. The molecular formula is C29H26N2. The van der Waals surface area contributed by atoms with Crippen molar-refractivity contribution < 1.29 is 0 Å². The molecule has 0 aliphatic rings. The summed E-state index contributed by atoms with van der Waals surface area (Å²) in [5, 5.41) is 7.20. The van der Waals surface area contributed by atoms with Gasteiger partial charge in [0.1, 0.15) is 0 Å². The summed E-state index contributed by atoms with van der Waals surface area (Å²) in [6.45, 7) is 0. The van der Waals surface area contributed by atoms with Crippen LogP contribution < -0.4 is 10.6 Å². The van der Waals surface area contributed by atoms with Gasteiger partial charge in [-0.2, -0.15) is 0 Å². The number of hydrogen-bond donors (Lipinski definition) is 2. The number of para-hydroxylation sites is 2.